The predicted molar refractivity (Wildman–Crippen MR) is 141 cm³/mol. The molecule has 1 aromatic heterocycles. The first kappa shape index (κ1) is 27.4. The van der Waals surface area contributed by atoms with Gasteiger partial charge in [0.05, 0.1) is 16.9 Å². The Balaban J connectivity index is 1.52. The van der Waals surface area contributed by atoms with E-state index in [2.05, 4.69) is 10.4 Å². The Kier molecular flexibility index (Phi) is 7.22. The summed E-state index contributed by atoms with van der Waals surface area (Å²) < 4.78 is 50.3. The minimum Gasteiger partial charge on any atom is -0.488 e. The number of rotatable bonds is 7. The molecule has 9 nitrogen and oxygen atoms in total. The number of carboxylic acids is 1. The lowest BCUT2D eigenvalue weighted by Crippen LogP contribution is -2.45. The Morgan fingerprint density at radius 3 is 2.56 bits per heavy atom. The van der Waals surface area contributed by atoms with Crippen LogP contribution in [0.4, 0.5) is 18.9 Å². The number of halogens is 3. The number of hydrogen-bond acceptors (Lipinski definition) is 5. The Hall–Kier alpha value is -5.13. The second kappa shape index (κ2) is 10.8. The largest absolute Gasteiger partial charge is 0.488 e. The smallest absolute Gasteiger partial charge is 0.335 e. The zero-order valence-corrected chi connectivity index (χ0v) is 21.8. The molecule has 0 saturated carbocycles. The molecule has 0 unspecified atom stereocenters. The van der Waals surface area contributed by atoms with E-state index in [1.807, 2.05) is 0 Å². The number of nitrogens with one attached hydrogen (secondary N) is 1. The number of nitrogens with zero attached hydrogens (tertiary/aromatic N) is 3. The van der Waals surface area contributed by atoms with E-state index in [1.54, 1.807) is 13.1 Å². The molecule has 12 heteroatoms. The van der Waals surface area contributed by atoms with Crippen LogP contribution in [0.15, 0.2) is 60.7 Å². The Morgan fingerprint density at radius 1 is 1.07 bits per heavy atom. The summed E-state index contributed by atoms with van der Waals surface area (Å²) in [6.45, 7) is 0.947. The zero-order chi connectivity index (χ0) is 29.4. The SMILES string of the molecule is C[C@@H](C(=O)Nc1cc(C(=O)O)ccc1F)N(Cc1ccccc1F)C(=O)c1nn(C)c2c1COc1ccc(F)cc1-2. The number of amides is 2. The van der Waals surface area contributed by atoms with Crippen LogP contribution in [0.25, 0.3) is 11.3 Å². The van der Waals surface area contributed by atoms with Crippen LogP contribution in [-0.2, 0) is 25.0 Å². The summed E-state index contributed by atoms with van der Waals surface area (Å²) in [5, 5.41) is 15.9. The van der Waals surface area contributed by atoms with Crippen LogP contribution in [0.1, 0.15) is 38.9 Å². The van der Waals surface area contributed by atoms with Gasteiger partial charge in [-0.25, -0.2) is 18.0 Å². The van der Waals surface area contributed by atoms with Crippen molar-refractivity contribution in [2.45, 2.75) is 26.1 Å². The number of aromatic carboxylic acids is 1. The van der Waals surface area contributed by atoms with Crippen molar-refractivity contribution in [2.24, 2.45) is 7.05 Å². The summed E-state index contributed by atoms with van der Waals surface area (Å²) in [6, 6.07) is 11.3. The number of carbonyl (C=O) groups excluding carboxylic acids is 2. The first-order chi connectivity index (χ1) is 19.5. The molecule has 41 heavy (non-hydrogen) atoms. The molecule has 2 heterocycles. The number of fused-ring (bicyclic) bond motifs is 3. The number of ether oxygens (including phenoxy) is 1. The van der Waals surface area contributed by atoms with E-state index in [0.717, 1.165) is 23.1 Å². The van der Waals surface area contributed by atoms with Crippen molar-refractivity contribution in [2.75, 3.05) is 5.32 Å². The number of aryl methyl sites for hydroxylation is 1. The molecular weight excluding hydrogens is 541 g/mol. The predicted octanol–water partition coefficient (Wildman–Crippen LogP) is 4.76. The van der Waals surface area contributed by atoms with Gasteiger partial charge in [0.1, 0.15) is 35.8 Å². The Morgan fingerprint density at radius 2 is 1.83 bits per heavy atom. The van der Waals surface area contributed by atoms with Crippen LogP contribution >= 0.6 is 0 Å². The highest BCUT2D eigenvalue weighted by molar-refractivity contribution is 6.02. The third-order valence-corrected chi connectivity index (χ3v) is 6.79. The highest BCUT2D eigenvalue weighted by Crippen LogP contribution is 2.39. The molecule has 0 saturated heterocycles. The lowest BCUT2D eigenvalue weighted by molar-refractivity contribution is -0.120. The summed E-state index contributed by atoms with van der Waals surface area (Å²) in [7, 11) is 1.57. The molecule has 0 radical (unpaired) electrons. The maximum absolute atomic E-state index is 14.7. The van der Waals surface area contributed by atoms with Crippen LogP contribution in [0.3, 0.4) is 0 Å². The molecule has 0 fully saturated rings. The fourth-order valence-corrected chi connectivity index (χ4v) is 4.64. The van der Waals surface area contributed by atoms with Crippen molar-refractivity contribution in [1.82, 2.24) is 14.7 Å². The Labute approximate surface area is 231 Å². The molecule has 0 aliphatic carbocycles. The lowest BCUT2D eigenvalue weighted by Gasteiger charge is -2.29. The van der Waals surface area contributed by atoms with E-state index in [-0.39, 0.29) is 30.0 Å². The summed E-state index contributed by atoms with van der Waals surface area (Å²) in [4.78, 5) is 39.7. The monoisotopic (exact) mass is 564 g/mol. The second-order valence-corrected chi connectivity index (χ2v) is 9.42. The number of carbonyl (C=O) groups is 3. The number of aromatic nitrogens is 2. The summed E-state index contributed by atoms with van der Waals surface area (Å²) >= 11 is 0. The van der Waals surface area contributed by atoms with E-state index in [1.165, 1.54) is 48.0 Å². The van der Waals surface area contributed by atoms with Gasteiger partial charge in [-0.15, -0.1) is 0 Å². The van der Waals surface area contributed by atoms with Crippen molar-refractivity contribution in [3.63, 3.8) is 0 Å². The number of carboxylic acid groups (broad SMARTS) is 1. The third kappa shape index (κ3) is 5.23. The normalized spacial score (nSPS) is 12.5. The molecule has 1 atom stereocenters. The molecule has 1 aliphatic heterocycles. The number of anilines is 1. The topological polar surface area (TPSA) is 114 Å². The fraction of sp³-hybridized carbons (Fsp3) is 0.172. The molecule has 0 spiro atoms. The quantitative estimate of drug-likeness (QED) is 0.335. The molecule has 3 aromatic carbocycles. The van der Waals surface area contributed by atoms with Gasteiger partial charge in [-0.3, -0.25) is 14.3 Å². The highest BCUT2D eigenvalue weighted by Gasteiger charge is 2.35. The second-order valence-electron chi connectivity index (χ2n) is 9.42. The van der Waals surface area contributed by atoms with Gasteiger partial charge in [0.2, 0.25) is 5.91 Å². The van der Waals surface area contributed by atoms with Gasteiger partial charge in [0, 0.05) is 30.3 Å². The van der Waals surface area contributed by atoms with Gasteiger partial charge in [-0.1, -0.05) is 18.2 Å². The van der Waals surface area contributed by atoms with Crippen molar-refractivity contribution >= 4 is 23.5 Å². The first-order valence-corrected chi connectivity index (χ1v) is 12.4. The fourth-order valence-electron chi connectivity index (χ4n) is 4.64. The average molecular weight is 565 g/mol. The maximum Gasteiger partial charge on any atom is 0.335 e. The molecule has 5 rings (SSSR count). The minimum atomic E-state index is -1.33. The summed E-state index contributed by atoms with van der Waals surface area (Å²) in [5.74, 6) is -4.55. The van der Waals surface area contributed by atoms with E-state index >= 15 is 0 Å². The van der Waals surface area contributed by atoms with Gasteiger partial charge in [0.15, 0.2) is 5.69 Å². The van der Waals surface area contributed by atoms with E-state index in [9.17, 15) is 32.7 Å². The summed E-state index contributed by atoms with van der Waals surface area (Å²) in [5.41, 5.74) is 0.542. The molecule has 4 aromatic rings. The molecular formula is C29H23F3N4O5. The Bertz CT molecular complexity index is 1700. The highest BCUT2D eigenvalue weighted by atomic mass is 19.1. The van der Waals surface area contributed by atoms with Crippen molar-refractivity contribution < 1.29 is 37.4 Å². The van der Waals surface area contributed by atoms with Gasteiger partial charge < -0.3 is 20.1 Å². The molecule has 0 bridgehead atoms. The first-order valence-electron chi connectivity index (χ1n) is 12.4. The van der Waals surface area contributed by atoms with Crippen molar-refractivity contribution in [3.05, 3.63) is 100 Å². The maximum atomic E-state index is 14.7. The van der Waals surface area contributed by atoms with Gasteiger partial charge in [-0.05, 0) is 49.4 Å². The molecule has 2 N–H and O–H groups in total. The average Bonchev–Trinajstić information content (AvgIpc) is 3.29. The van der Waals surface area contributed by atoms with Crippen molar-refractivity contribution in [3.8, 4) is 17.0 Å². The number of hydrogen-bond donors (Lipinski definition) is 2. The number of benzene rings is 3. The van der Waals surface area contributed by atoms with Gasteiger partial charge in [0.25, 0.3) is 5.91 Å². The lowest BCUT2D eigenvalue weighted by atomic mass is 10.0. The van der Waals surface area contributed by atoms with Crippen LogP contribution < -0.4 is 10.1 Å². The molecule has 1 aliphatic rings. The van der Waals surface area contributed by atoms with Crippen LogP contribution in [0.2, 0.25) is 0 Å². The summed E-state index contributed by atoms with van der Waals surface area (Å²) in [6.07, 6.45) is 0. The standard InChI is InChI=1S/C29H23F3N4O5/c1-15(27(37)33-23-11-16(29(39)40)7-9-22(23)32)36(13-17-5-3-4-6-21(17)31)28(38)25-20-14-41-24-10-8-18(30)12-19(24)26(20)35(2)34-25/h3-12,15H,13-14H2,1-2H3,(H,33,37)(H,39,40)/t15-/m0/s1. The van der Waals surface area contributed by atoms with Crippen LogP contribution in [0.5, 0.6) is 5.75 Å². The van der Waals surface area contributed by atoms with Crippen LogP contribution in [-0.4, -0.2) is 43.6 Å². The van der Waals surface area contributed by atoms with Gasteiger partial charge in [-0.2, -0.15) is 5.10 Å². The molecule has 2 amide bonds. The minimum absolute atomic E-state index is 0.0653. The zero-order valence-electron chi connectivity index (χ0n) is 21.8. The van der Waals surface area contributed by atoms with E-state index in [0.29, 0.717) is 22.6 Å². The van der Waals surface area contributed by atoms with Crippen LogP contribution in [0, 0.1) is 17.5 Å². The van der Waals surface area contributed by atoms with Crippen molar-refractivity contribution in [1.29, 1.82) is 0 Å². The van der Waals surface area contributed by atoms with Gasteiger partial charge >= 0.3 is 5.97 Å². The van der Waals surface area contributed by atoms with E-state index in [4.69, 9.17) is 4.74 Å². The third-order valence-electron chi connectivity index (χ3n) is 6.79. The van der Waals surface area contributed by atoms with E-state index < -0.39 is 47.0 Å². The molecule has 210 valence electrons.